The minimum atomic E-state index is -1.18. The molecule has 3 aromatic carbocycles. The summed E-state index contributed by atoms with van der Waals surface area (Å²) in [7, 11) is 0. The molecule has 1 atom stereocenters. The number of aliphatic imine (C=N–C) groups is 1. The van der Waals surface area contributed by atoms with E-state index in [0.717, 1.165) is 25.7 Å². The zero-order valence-electron chi connectivity index (χ0n) is 18.4. The summed E-state index contributed by atoms with van der Waals surface area (Å²) < 4.78 is 0. The van der Waals surface area contributed by atoms with Gasteiger partial charge in [-0.15, -0.1) is 5.75 Å². The van der Waals surface area contributed by atoms with Crippen LogP contribution < -0.4 is 10.2 Å². The van der Waals surface area contributed by atoms with Crippen LogP contribution in [0.4, 0.5) is 0 Å². The van der Waals surface area contributed by atoms with Crippen molar-refractivity contribution < 1.29 is 15.0 Å². The van der Waals surface area contributed by atoms with Crippen molar-refractivity contribution in [2.45, 2.75) is 45.1 Å². The van der Waals surface area contributed by atoms with Gasteiger partial charge in [0.25, 0.3) is 0 Å². The number of benzene rings is 3. The first-order valence-corrected chi connectivity index (χ1v) is 10.5. The van der Waals surface area contributed by atoms with E-state index in [2.05, 4.69) is 24.0 Å². The second kappa shape index (κ2) is 20.3. The van der Waals surface area contributed by atoms with Crippen molar-refractivity contribution in [3.63, 3.8) is 0 Å². The standard InChI is InChI=1S/C15H21NO3.2C6H5.Sn/c1-2-3-4-5-9-13(15(18)19)16-11-12-8-6-7-10-14(12)17;2*1-2-4-6-5-3-1;/h6-8,10-11,13,17H,2-5,9H2,1H3,(H,18,19);2*1-5H;/q;;;+2/p-2/t13-;;;/m0.../s1. The number of hydrogen-bond acceptors (Lipinski definition) is 4. The van der Waals surface area contributed by atoms with Crippen LogP contribution in [-0.2, 0) is 4.79 Å². The molecule has 0 amide bonds. The molecular weight excluding hydrogens is 505 g/mol. The van der Waals surface area contributed by atoms with E-state index in [-0.39, 0.29) is 29.7 Å². The topological polar surface area (TPSA) is 75.5 Å². The van der Waals surface area contributed by atoms with Crippen molar-refractivity contribution in [2.75, 3.05) is 0 Å². The van der Waals surface area contributed by atoms with E-state index in [9.17, 15) is 15.0 Å². The summed E-state index contributed by atoms with van der Waals surface area (Å²) >= 11 is 0. The minimum Gasteiger partial charge on any atom is -0.872 e. The zero-order chi connectivity index (χ0) is 22.6. The molecule has 0 bridgehead atoms. The molecule has 0 saturated heterocycles. The van der Waals surface area contributed by atoms with E-state index >= 15 is 0 Å². The normalized spacial score (nSPS) is 10.5. The summed E-state index contributed by atoms with van der Waals surface area (Å²) in [5.41, 5.74) is 0.405. The molecule has 0 heterocycles. The Kier molecular flexibility index (Phi) is 18.7. The zero-order valence-corrected chi connectivity index (χ0v) is 21.3. The fraction of sp³-hybridized carbons (Fsp3) is 0.259. The van der Waals surface area contributed by atoms with Gasteiger partial charge in [-0.1, -0.05) is 118 Å². The quantitative estimate of drug-likeness (QED) is 0.250. The molecule has 32 heavy (non-hydrogen) atoms. The Morgan fingerprint density at radius 2 is 1.47 bits per heavy atom. The average Bonchev–Trinajstić information content (AvgIpc) is 2.82. The van der Waals surface area contributed by atoms with E-state index < -0.39 is 12.0 Å². The molecular formula is C27H29NO3Sn. The molecule has 0 N–H and O–H groups in total. The predicted molar refractivity (Wildman–Crippen MR) is 127 cm³/mol. The van der Waals surface area contributed by atoms with Crippen LogP contribution in [0.1, 0.15) is 44.6 Å². The van der Waals surface area contributed by atoms with E-state index in [1.165, 1.54) is 12.3 Å². The number of carboxylic acid groups (broad SMARTS) is 1. The molecule has 5 heteroatoms. The van der Waals surface area contributed by atoms with Crippen molar-refractivity contribution in [3.05, 3.63) is 103 Å². The minimum absolute atomic E-state index is 0. The Bertz CT molecular complexity index is 757. The van der Waals surface area contributed by atoms with Gasteiger partial charge < -0.3 is 15.0 Å². The van der Waals surface area contributed by atoms with Gasteiger partial charge >= 0.3 is 23.9 Å². The van der Waals surface area contributed by atoms with E-state index in [0.29, 0.717) is 12.0 Å². The van der Waals surface area contributed by atoms with Gasteiger partial charge in [-0.25, -0.2) is 0 Å². The van der Waals surface area contributed by atoms with Gasteiger partial charge in [0.05, 0.1) is 12.0 Å². The van der Waals surface area contributed by atoms with Crippen molar-refractivity contribution in [2.24, 2.45) is 4.99 Å². The first-order valence-electron chi connectivity index (χ1n) is 10.5. The number of aliphatic carboxylic acids is 1. The Labute approximate surface area is 209 Å². The Hall–Kier alpha value is -2.60. The number of carboxylic acids is 1. The first kappa shape index (κ1) is 29.4. The third-order valence-electron chi connectivity index (χ3n) is 4.13. The molecule has 3 rings (SSSR count). The number of carbonyl (C=O) groups excluding carboxylic acids is 1. The van der Waals surface area contributed by atoms with Crippen molar-refractivity contribution in [1.82, 2.24) is 0 Å². The summed E-state index contributed by atoms with van der Waals surface area (Å²) in [6.45, 7) is 2.10. The monoisotopic (exact) mass is 535 g/mol. The fourth-order valence-electron chi connectivity index (χ4n) is 2.46. The van der Waals surface area contributed by atoms with Crippen LogP contribution in [0.2, 0.25) is 0 Å². The molecule has 0 saturated carbocycles. The van der Waals surface area contributed by atoms with Gasteiger partial charge in [0.15, 0.2) is 0 Å². The van der Waals surface area contributed by atoms with Crippen molar-refractivity contribution >= 4 is 36.1 Å². The third-order valence-corrected chi connectivity index (χ3v) is 4.13. The van der Waals surface area contributed by atoms with E-state index in [1.807, 2.05) is 60.7 Å². The van der Waals surface area contributed by atoms with Crippen molar-refractivity contribution in [3.8, 4) is 5.75 Å². The van der Waals surface area contributed by atoms with Crippen LogP contribution in [-0.4, -0.2) is 42.1 Å². The number of carbonyl (C=O) groups is 1. The van der Waals surface area contributed by atoms with Crippen LogP contribution in [0.15, 0.2) is 89.9 Å². The van der Waals surface area contributed by atoms with Gasteiger partial charge in [0.1, 0.15) is 0 Å². The van der Waals surface area contributed by atoms with Gasteiger partial charge in [-0.05, 0) is 24.1 Å². The second-order valence-electron chi connectivity index (χ2n) is 6.65. The molecule has 0 unspecified atom stereocenters. The van der Waals surface area contributed by atoms with Gasteiger partial charge in [0, 0.05) is 6.21 Å². The smallest absolute Gasteiger partial charge is 0.872 e. The molecule has 0 aliphatic rings. The molecule has 4 radical (unpaired) electrons. The molecule has 0 fully saturated rings. The van der Waals surface area contributed by atoms with E-state index in [4.69, 9.17) is 0 Å². The summed E-state index contributed by atoms with van der Waals surface area (Å²) in [6.07, 6.45) is 5.79. The van der Waals surface area contributed by atoms with Gasteiger partial charge in [0.2, 0.25) is 0 Å². The Morgan fingerprint density at radius 3 is 1.88 bits per heavy atom. The van der Waals surface area contributed by atoms with Crippen LogP contribution in [0.5, 0.6) is 5.75 Å². The number of rotatable bonds is 8. The maximum absolute atomic E-state index is 11.4. The van der Waals surface area contributed by atoms with Gasteiger partial charge in [-0.3, -0.25) is 4.99 Å². The Morgan fingerprint density at radius 1 is 0.906 bits per heavy atom. The third kappa shape index (κ3) is 15.2. The number of nitrogens with zero attached hydrogens (tertiary/aromatic N) is 1. The Balaban J connectivity index is 0.000000596. The van der Waals surface area contributed by atoms with Crippen molar-refractivity contribution in [1.29, 1.82) is 0 Å². The molecule has 0 spiro atoms. The molecule has 4 nitrogen and oxygen atoms in total. The number of hydrogen-bond donors (Lipinski definition) is 0. The summed E-state index contributed by atoms with van der Waals surface area (Å²) in [4.78, 5) is 14.9. The molecule has 164 valence electrons. The SMILES string of the molecule is CCCCCC[C@H](N=Cc1ccccc1[O-])C(=O)[O-].[Sn+2].[c]1ccccc1.[c]1ccccc1. The summed E-state index contributed by atoms with van der Waals surface area (Å²) in [5.74, 6) is -1.34. The molecule has 0 aromatic heterocycles. The first-order chi connectivity index (χ1) is 15.1. The van der Waals surface area contributed by atoms with Crippen LogP contribution >= 0.6 is 0 Å². The maximum Gasteiger partial charge on any atom is 2.00 e. The van der Waals surface area contributed by atoms with Gasteiger partial charge in [-0.2, -0.15) is 0 Å². The number of unbranched alkanes of at least 4 members (excludes halogenated alkanes) is 3. The average molecular weight is 534 g/mol. The molecule has 3 aromatic rings. The summed E-state index contributed by atoms with van der Waals surface area (Å²) in [5, 5.41) is 22.4. The predicted octanol–water partition coefficient (Wildman–Crippen LogP) is 3.86. The van der Waals surface area contributed by atoms with Crippen LogP contribution in [0.25, 0.3) is 0 Å². The largest absolute Gasteiger partial charge is 2.00 e. The molecule has 0 aliphatic heterocycles. The van der Waals surface area contributed by atoms with Crippen LogP contribution in [0, 0.1) is 12.1 Å². The summed E-state index contributed by atoms with van der Waals surface area (Å²) in [6, 6.07) is 30.5. The fourth-order valence-corrected chi connectivity index (χ4v) is 2.46. The molecule has 0 aliphatic carbocycles. The van der Waals surface area contributed by atoms with E-state index in [1.54, 1.807) is 18.2 Å². The van der Waals surface area contributed by atoms with Crippen LogP contribution in [0.3, 0.4) is 0 Å². The number of para-hydroxylation sites is 1. The maximum atomic E-state index is 11.4. The second-order valence-corrected chi connectivity index (χ2v) is 6.65.